The van der Waals surface area contributed by atoms with Gasteiger partial charge in [0.25, 0.3) is 0 Å². The molecule has 0 radical (unpaired) electrons. The van der Waals surface area contributed by atoms with Crippen LogP contribution in [-0.2, 0) is 17.6 Å². The molecule has 1 saturated heterocycles. The van der Waals surface area contributed by atoms with Crippen LogP contribution in [0.2, 0.25) is 0 Å². The fourth-order valence-corrected chi connectivity index (χ4v) is 9.83. The molecule has 280 valence electrons. The Balaban J connectivity index is 1.18. The van der Waals surface area contributed by atoms with Gasteiger partial charge in [0.05, 0.1) is 46.6 Å². The van der Waals surface area contributed by atoms with Gasteiger partial charge in [-0.2, -0.15) is 5.26 Å². The van der Waals surface area contributed by atoms with Crippen LogP contribution in [0, 0.1) is 25.2 Å². The standard InChI is InChI=1S/C42H44N4O8/c1-20-38(50-3)26-15-29-31(17-43)46-30(35(45-29)34(26)37(48)41(20)53-6)16-27-33(36(47)40(52-5)21(2)39(27)51-4)32(46)18-44-42(49)54-19-28-24-13-9-7-11-22(24)23-12-8-10-14-25(23)28/h7-14,28-32,35,45,47-48H,15-16,18-19H2,1-6H3,(H,44,49)/t29-,30-,31-,32-,35-/m0/s1/i17+1. The molecule has 12 nitrogen and oxygen atoms in total. The lowest BCUT2D eigenvalue weighted by atomic mass is 9.73. The Hall–Kier alpha value is -5.64. The number of alkyl carbamates (subject to hydrolysis) is 1. The van der Waals surface area contributed by atoms with E-state index in [0.29, 0.717) is 52.3 Å². The molecule has 4 aromatic rings. The number of fused-ring (bicyclic) bond motifs is 10. The number of nitriles is 1. The number of phenolic OH excluding ortho intramolecular Hbond substituents is 2. The number of amides is 1. The average molecular weight is 734 g/mol. The number of ether oxygens (including phenoxy) is 5. The molecule has 0 saturated carbocycles. The number of piperazine rings is 1. The van der Waals surface area contributed by atoms with Gasteiger partial charge in [0, 0.05) is 57.9 Å². The highest BCUT2D eigenvalue weighted by molar-refractivity contribution is 5.79. The quantitative estimate of drug-likeness (QED) is 0.165. The highest BCUT2D eigenvalue weighted by Gasteiger charge is 2.55. The van der Waals surface area contributed by atoms with E-state index in [9.17, 15) is 20.3 Å². The van der Waals surface area contributed by atoms with E-state index in [2.05, 4.69) is 45.9 Å². The fraction of sp³-hybridized carbons (Fsp3) is 0.381. The highest BCUT2D eigenvalue weighted by atomic mass is 16.5. The predicted molar refractivity (Wildman–Crippen MR) is 200 cm³/mol. The van der Waals surface area contributed by atoms with Crippen molar-refractivity contribution in [2.24, 2.45) is 0 Å². The Kier molecular flexibility index (Phi) is 8.95. The van der Waals surface area contributed by atoms with Crippen LogP contribution in [0.25, 0.3) is 11.1 Å². The van der Waals surface area contributed by atoms with Gasteiger partial charge >= 0.3 is 6.09 Å². The normalized spacial score (nSPS) is 22.1. The minimum atomic E-state index is -0.711. The van der Waals surface area contributed by atoms with Gasteiger partial charge in [0.2, 0.25) is 0 Å². The van der Waals surface area contributed by atoms with E-state index in [1.807, 2.05) is 38.1 Å². The van der Waals surface area contributed by atoms with Crippen molar-refractivity contribution >= 4 is 6.09 Å². The first-order valence-corrected chi connectivity index (χ1v) is 18.1. The van der Waals surface area contributed by atoms with Gasteiger partial charge in [-0.05, 0) is 48.9 Å². The molecule has 5 atom stereocenters. The number of hydrogen-bond donors (Lipinski definition) is 4. The maximum absolute atomic E-state index is 13.7. The van der Waals surface area contributed by atoms with Gasteiger partial charge in [-0.3, -0.25) is 4.90 Å². The topological polar surface area (TPSA) is 155 Å². The lowest BCUT2D eigenvalue weighted by Gasteiger charge is -2.56. The van der Waals surface area contributed by atoms with Crippen molar-refractivity contribution in [2.75, 3.05) is 41.6 Å². The predicted octanol–water partition coefficient (Wildman–Crippen LogP) is 5.72. The Morgan fingerprint density at radius 1 is 0.833 bits per heavy atom. The van der Waals surface area contributed by atoms with Crippen molar-refractivity contribution in [3.05, 3.63) is 93.0 Å². The summed E-state index contributed by atoms with van der Waals surface area (Å²) in [6, 6.07) is 16.1. The van der Waals surface area contributed by atoms with E-state index in [-0.39, 0.29) is 42.4 Å². The summed E-state index contributed by atoms with van der Waals surface area (Å²) in [5.41, 5.74) is 8.45. The Labute approximate surface area is 314 Å². The molecule has 1 aliphatic carbocycles. The van der Waals surface area contributed by atoms with Crippen molar-refractivity contribution in [2.45, 2.75) is 62.8 Å². The summed E-state index contributed by atoms with van der Waals surface area (Å²) >= 11 is 0. The molecule has 0 unspecified atom stereocenters. The monoisotopic (exact) mass is 733 g/mol. The number of methoxy groups -OCH3 is 4. The van der Waals surface area contributed by atoms with Crippen molar-refractivity contribution < 1.29 is 38.7 Å². The Bertz CT molecular complexity index is 2170. The van der Waals surface area contributed by atoms with Crippen LogP contribution in [0.3, 0.4) is 0 Å². The molecule has 4 N–H and O–H groups in total. The molecule has 4 aromatic carbocycles. The van der Waals surface area contributed by atoms with Gasteiger partial charge in [-0.15, -0.1) is 0 Å². The number of rotatable bonds is 8. The van der Waals surface area contributed by atoms with Gasteiger partial charge in [-0.1, -0.05) is 48.5 Å². The summed E-state index contributed by atoms with van der Waals surface area (Å²) in [5.74, 6) is 1.54. The molecule has 3 aliphatic heterocycles. The molecule has 0 aromatic heterocycles. The van der Waals surface area contributed by atoms with Crippen molar-refractivity contribution in [1.29, 1.82) is 5.26 Å². The van der Waals surface area contributed by atoms with Crippen molar-refractivity contribution in [1.82, 2.24) is 15.5 Å². The van der Waals surface area contributed by atoms with E-state index >= 15 is 0 Å². The Morgan fingerprint density at radius 2 is 1.37 bits per heavy atom. The summed E-state index contributed by atoms with van der Waals surface area (Å²) in [5, 5.41) is 41.2. The van der Waals surface area contributed by atoms with E-state index in [1.54, 1.807) is 14.2 Å². The smallest absolute Gasteiger partial charge is 0.407 e. The second-order valence-corrected chi connectivity index (χ2v) is 14.3. The largest absolute Gasteiger partial charge is 0.504 e. The number of phenols is 2. The second kappa shape index (κ2) is 13.6. The van der Waals surface area contributed by atoms with Gasteiger partial charge in [0.15, 0.2) is 23.0 Å². The molecule has 1 fully saturated rings. The number of hydrogen-bond acceptors (Lipinski definition) is 11. The SMILES string of the molecule is COc1c(C)c(OC)c2c(c1O)[C@H]1N[C@@H](C2)[C@H]([13C]#N)N2[C@@H](CNC(=O)OCC3c4ccccc4-c4ccccc43)c3c(O)c(OC)c(C)c(OC)c3C[C@@H]12. The van der Waals surface area contributed by atoms with Crippen LogP contribution < -0.4 is 29.6 Å². The lowest BCUT2D eigenvalue weighted by molar-refractivity contribution is -0.00166. The number of nitrogens with one attached hydrogen (secondary N) is 2. The number of benzene rings is 4. The maximum atomic E-state index is 13.7. The molecule has 12 heteroatoms. The molecular weight excluding hydrogens is 689 g/mol. The molecular formula is C42H44N4O8. The first-order valence-electron chi connectivity index (χ1n) is 18.1. The van der Waals surface area contributed by atoms with Crippen LogP contribution in [-0.4, -0.2) is 80.9 Å². The van der Waals surface area contributed by atoms with E-state index < -0.39 is 30.3 Å². The average Bonchev–Trinajstić information content (AvgIpc) is 3.50. The molecule has 54 heavy (non-hydrogen) atoms. The molecule has 4 aliphatic rings. The first-order chi connectivity index (χ1) is 26.2. The van der Waals surface area contributed by atoms with E-state index in [0.717, 1.165) is 33.4 Å². The summed E-state index contributed by atoms with van der Waals surface area (Å²) in [4.78, 5) is 15.7. The molecule has 2 bridgehead atoms. The number of aromatic hydroxyl groups is 2. The third-order valence-corrected chi connectivity index (χ3v) is 11.9. The zero-order chi connectivity index (χ0) is 38.0. The van der Waals surface area contributed by atoms with Crippen LogP contribution in [0.1, 0.15) is 62.5 Å². The third kappa shape index (κ3) is 5.13. The molecule has 1 amide bonds. The van der Waals surface area contributed by atoms with Crippen LogP contribution >= 0.6 is 0 Å². The minimum absolute atomic E-state index is 0.000102. The minimum Gasteiger partial charge on any atom is -0.504 e. The summed E-state index contributed by atoms with van der Waals surface area (Å²) in [7, 11) is 6.16. The van der Waals surface area contributed by atoms with Crippen molar-refractivity contribution in [3.8, 4) is 51.7 Å². The van der Waals surface area contributed by atoms with E-state index in [4.69, 9.17) is 23.7 Å². The van der Waals surface area contributed by atoms with Gasteiger partial charge < -0.3 is 44.5 Å². The molecule has 3 heterocycles. The fourth-order valence-electron chi connectivity index (χ4n) is 9.83. The summed E-state index contributed by atoms with van der Waals surface area (Å²) in [6.45, 7) is 3.80. The van der Waals surface area contributed by atoms with Crippen LogP contribution in [0.5, 0.6) is 34.5 Å². The Morgan fingerprint density at radius 3 is 1.93 bits per heavy atom. The van der Waals surface area contributed by atoms with Crippen LogP contribution in [0.4, 0.5) is 4.79 Å². The number of carbonyl (C=O) groups excluding carboxylic acids is 1. The zero-order valence-corrected chi connectivity index (χ0v) is 31.1. The zero-order valence-electron chi connectivity index (χ0n) is 31.1. The van der Waals surface area contributed by atoms with Gasteiger partial charge in [-0.25, -0.2) is 4.79 Å². The van der Waals surface area contributed by atoms with Gasteiger partial charge in [0.1, 0.15) is 24.1 Å². The number of nitrogens with zero attached hydrogens (tertiary/aromatic N) is 2. The van der Waals surface area contributed by atoms with Crippen molar-refractivity contribution in [3.63, 3.8) is 0 Å². The van der Waals surface area contributed by atoms with E-state index in [1.165, 1.54) is 14.2 Å². The first kappa shape index (κ1) is 35.4. The second-order valence-electron chi connectivity index (χ2n) is 14.3. The van der Waals surface area contributed by atoms with Crippen LogP contribution in [0.15, 0.2) is 48.5 Å². The summed E-state index contributed by atoms with van der Waals surface area (Å²) < 4.78 is 29.2. The number of carbonyl (C=O) groups is 1. The molecule has 8 rings (SSSR count). The third-order valence-electron chi connectivity index (χ3n) is 11.9. The summed E-state index contributed by atoms with van der Waals surface area (Å²) in [6.07, 6.45) is 0.113. The molecule has 0 spiro atoms. The highest BCUT2D eigenvalue weighted by Crippen LogP contribution is 2.57. The maximum Gasteiger partial charge on any atom is 0.407 e. The lowest BCUT2D eigenvalue weighted by Crippen LogP contribution is -2.68.